The minimum absolute atomic E-state index is 0.0991. The second kappa shape index (κ2) is 6.41. The Kier molecular flexibility index (Phi) is 4.85. The Labute approximate surface area is 121 Å². The van der Waals surface area contributed by atoms with Gasteiger partial charge in [0.1, 0.15) is 0 Å². The van der Waals surface area contributed by atoms with Crippen LogP contribution >= 0.6 is 23.2 Å². The summed E-state index contributed by atoms with van der Waals surface area (Å²) in [5, 5.41) is 17.8. The van der Waals surface area contributed by atoms with Gasteiger partial charge in [0.25, 0.3) is 5.69 Å². The van der Waals surface area contributed by atoms with E-state index in [1.807, 2.05) is 0 Å². The summed E-state index contributed by atoms with van der Waals surface area (Å²) in [6, 6.07) is 3.15. The minimum Gasteiger partial charge on any atom is -0.383 e. The van der Waals surface area contributed by atoms with Crippen molar-refractivity contribution in [2.75, 3.05) is 18.4 Å². The summed E-state index contributed by atoms with van der Waals surface area (Å²) in [7, 11) is 0. The highest BCUT2D eigenvalue weighted by atomic mass is 35.5. The average molecular weight is 304 g/mol. The molecule has 1 aliphatic rings. The van der Waals surface area contributed by atoms with Crippen LogP contribution in [0.2, 0.25) is 10.0 Å². The van der Waals surface area contributed by atoms with E-state index >= 15 is 0 Å². The molecule has 2 N–H and O–H groups in total. The lowest BCUT2D eigenvalue weighted by Gasteiger charge is -2.13. The second-order valence-corrected chi connectivity index (χ2v) is 5.36. The number of nitro benzene ring substituents is 1. The van der Waals surface area contributed by atoms with Crippen molar-refractivity contribution in [1.29, 1.82) is 0 Å². The monoisotopic (exact) mass is 303 g/mol. The molecule has 1 fully saturated rings. The molecule has 0 aliphatic carbocycles. The lowest BCUT2D eigenvalue weighted by Crippen LogP contribution is -2.24. The smallest absolute Gasteiger partial charge is 0.272 e. The Bertz CT molecular complexity index is 453. The summed E-state index contributed by atoms with van der Waals surface area (Å²) < 4.78 is 0. The van der Waals surface area contributed by atoms with Gasteiger partial charge in [-0.15, -0.1) is 0 Å². The largest absolute Gasteiger partial charge is 0.383 e. The number of benzene rings is 1. The first kappa shape index (κ1) is 14.4. The number of nitrogens with zero attached hydrogens (tertiary/aromatic N) is 1. The number of non-ortho nitro benzene ring substituents is 1. The third-order valence-corrected chi connectivity index (χ3v) is 3.79. The first-order valence-corrected chi connectivity index (χ1v) is 6.94. The number of anilines is 1. The Balaban J connectivity index is 1.97. The van der Waals surface area contributed by atoms with Gasteiger partial charge < -0.3 is 10.6 Å². The number of rotatable bonds is 5. The Morgan fingerprint density at radius 3 is 2.63 bits per heavy atom. The van der Waals surface area contributed by atoms with Crippen LogP contribution in [0.4, 0.5) is 11.4 Å². The maximum absolute atomic E-state index is 10.7. The van der Waals surface area contributed by atoms with E-state index < -0.39 is 4.92 Å². The van der Waals surface area contributed by atoms with Gasteiger partial charge in [-0.3, -0.25) is 10.1 Å². The van der Waals surface area contributed by atoms with Crippen molar-refractivity contribution in [3.63, 3.8) is 0 Å². The van der Waals surface area contributed by atoms with E-state index in [9.17, 15) is 10.1 Å². The van der Waals surface area contributed by atoms with Gasteiger partial charge in [-0.25, -0.2) is 0 Å². The molecule has 7 heteroatoms. The Hall–Kier alpha value is -1.04. The summed E-state index contributed by atoms with van der Waals surface area (Å²) >= 11 is 12.0. The van der Waals surface area contributed by atoms with Crippen molar-refractivity contribution >= 4 is 34.6 Å². The summed E-state index contributed by atoms with van der Waals surface area (Å²) in [4.78, 5) is 10.2. The van der Waals surface area contributed by atoms with Crippen LogP contribution < -0.4 is 10.6 Å². The van der Waals surface area contributed by atoms with Gasteiger partial charge in [-0.1, -0.05) is 23.2 Å². The fourth-order valence-corrected chi connectivity index (χ4v) is 2.82. The van der Waals surface area contributed by atoms with E-state index in [1.54, 1.807) is 0 Å². The number of hydrogen-bond acceptors (Lipinski definition) is 4. The van der Waals surface area contributed by atoms with Crippen LogP contribution in [0.3, 0.4) is 0 Å². The van der Waals surface area contributed by atoms with Gasteiger partial charge in [-0.2, -0.15) is 0 Å². The molecular formula is C12H15Cl2N3O2. The van der Waals surface area contributed by atoms with Gasteiger partial charge in [0.2, 0.25) is 0 Å². The van der Waals surface area contributed by atoms with E-state index in [0.29, 0.717) is 11.7 Å². The van der Waals surface area contributed by atoms with Crippen molar-refractivity contribution in [1.82, 2.24) is 5.32 Å². The molecule has 19 heavy (non-hydrogen) atoms. The van der Waals surface area contributed by atoms with Crippen molar-refractivity contribution in [3.05, 3.63) is 32.3 Å². The van der Waals surface area contributed by atoms with E-state index in [2.05, 4.69) is 10.6 Å². The van der Waals surface area contributed by atoms with Gasteiger partial charge in [0.05, 0.1) is 20.7 Å². The summed E-state index contributed by atoms with van der Waals surface area (Å²) in [6.07, 6.45) is 3.37. The Morgan fingerprint density at radius 2 is 2.11 bits per heavy atom. The van der Waals surface area contributed by atoms with Gasteiger partial charge >= 0.3 is 0 Å². The third-order valence-electron chi connectivity index (χ3n) is 3.19. The van der Waals surface area contributed by atoms with Crippen molar-refractivity contribution in [2.24, 2.45) is 0 Å². The quantitative estimate of drug-likeness (QED) is 0.646. The zero-order chi connectivity index (χ0) is 13.8. The lowest BCUT2D eigenvalue weighted by atomic mass is 10.1. The minimum atomic E-state index is -0.510. The molecule has 0 spiro atoms. The van der Waals surface area contributed by atoms with Crippen molar-refractivity contribution in [2.45, 2.75) is 25.3 Å². The topological polar surface area (TPSA) is 67.2 Å². The van der Waals surface area contributed by atoms with Crippen LogP contribution in [0.15, 0.2) is 12.1 Å². The number of nitro groups is 1. The molecule has 2 rings (SSSR count). The fraction of sp³-hybridized carbons (Fsp3) is 0.500. The molecule has 0 unspecified atom stereocenters. The SMILES string of the molecule is O=[N+]([O-])c1cc(Cl)c(NCC[C@@H]2CCCN2)c(Cl)c1. The fourth-order valence-electron chi connectivity index (χ4n) is 2.21. The summed E-state index contributed by atoms with van der Waals surface area (Å²) in [5.41, 5.74) is 0.463. The summed E-state index contributed by atoms with van der Waals surface area (Å²) in [5.74, 6) is 0. The normalized spacial score (nSPS) is 18.5. The molecule has 0 radical (unpaired) electrons. The lowest BCUT2D eigenvalue weighted by molar-refractivity contribution is -0.384. The average Bonchev–Trinajstić information content (AvgIpc) is 2.85. The van der Waals surface area contributed by atoms with Crippen LogP contribution in [-0.2, 0) is 0 Å². The molecule has 1 aliphatic heterocycles. The maximum Gasteiger partial charge on any atom is 0.272 e. The van der Waals surface area contributed by atoms with Crippen LogP contribution in [0, 0.1) is 10.1 Å². The van der Waals surface area contributed by atoms with Gasteiger partial charge in [-0.05, 0) is 25.8 Å². The molecule has 0 amide bonds. The molecule has 0 bridgehead atoms. The van der Waals surface area contributed by atoms with E-state index in [-0.39, 0.29) is 15.7 Å². The molecule has 1 aromatic carbocycles. The zero-order valence-corrected chi connectivity index (χ0v) is 11.8. The molecule has 1 heterocycles. The zero-order valence-electron chi connectivity index (χ0n) is 10.3. The molecule has 1 aromatic rings. The first-order valence-electron chi connectivity index (χ1n) is 6.18. The first-order chi connectivity index (χ1) is 9.08. The highest BCUT2D eigenvalue weighted by Gasteiger charge is 2.16. The standard InChI is InChI=1S/C12H15Cl2N3O2/c13-10-6-9(17(18)19)7-11(14)12(10)16-5-3-8-2-1-4-15-8/h6-8,15-16H,1-5H2/t8-/m0/s1. The van der Waals surface area contributed by atoms with Crippen LogP contribution in [0.1, 0.15) is 19.3 Å². The van der Waals surface area contributed by atoms with Gasteiger partial charge in [0, 0.05) is 24.7 Å². The number of hydrogen-bond donors (Lipinski definition) is 2. The molecule has 0 aromatic heterocycles. The predicted octanol–water partition coefficient (Wildman–Crippen LogP) is 3.46. The molecule has 104 valence electrons. The highest BCUT2D eigenvalue weighted by Crippen LogP contribution is 2.34. The Morgan fingerprint density at radius 1 is 1.42 bits per heavy atom. The summed E-state index contributed by atoms with van der Waals surface area (Å²) in [6.45, 7) is 1.80. The van der Waals surface area contributed by atoms with E-state index in [1.165, 1.54) is 25.0 Å². The highest BCUT2D eigenvalue weighted by molar-refractivity contribution is 6.39. The van der Waals surface area contributed by atoms with Gasteiger partial charge in [0.15, 0.2) is 0 Å². The van der Waals surface area contributed by atoms with E-state index in [0.717, 1.165) is 19.5 Å². The van der Waals surface area contributed by atoms with Crippen molar-refractivity contribution < 1.29 is 4.92 Å². The second-order valence-electron chi connectivity index (χ2n) is 4.55. The van der Waals surface area contributed by atoms with Crippen molar-refractivity contribution in [3.8, 4) is 0 Å². The molecule has 0 saturated carbocycles. The number of halogens is 2. The molecule has 5 nitrogen and oxygen atoms in total. The predicted molar refractivity (Wildman–Crippen MR) is 77.2 cm³/mol. The van der Waals surface area contributed by atoms with Crippen LogP contribution in [-0.4, -0.2) is 24.1 Å². The van der Waals surface area contributed by atoms with Crippen LogP contribution in [0.25, 0.3) is 0 Å². The molecular weight excluding hydrogens is 289 g/mol. The molecule has 1 atom stereocenters. The number of nitrogens with one attached hydrogen (secondary N) is 2. The third kappa shape index (κ3) is 3.72. The maximum atomic E-state index is 10.7. The van der Waals surface area contributed by atoms with Crippen LogP contribution in [0.5, 0.6) is 0 Å². The van der Waals surface area contributed by atoms with E-state index in [4.69, 9.17) is 23.2 Å². The molecule has 1 saturated heterocycles.